The van der Waals surface area contributed by atoms with Crippen LogP contribution in [0.2, 0.25) is 5.15 Å². The molecule has 3 N–H and O–H groups in total. The first-order chi connectivity index (χ1) is 9.17. The monoisotopic (exact) mass is 277 g/mol. The van der Waals surface area contributed by atoms with Gasteiger partial charge >= 0.3 is 0 Å². The van der Waals surface area contributed by atoms with Crippen LogP contribution in [0, 0.1) is 0 Å². The highest BCUT2D eigenvalue weighted by Crippen LogP contribution is 2.31. The third-order valence-corrected chi connectivity index (χ3v) is 2.77. The van der Waals surface area contributed by atoms with Gasteiger partial charge < -0.3 is 15.7 Å². The van der Waals surface area contributed by atoms with Crippen LogP contribution in [0.5, 0.6) is 11.5 Å². The Hall–Kier alpha value is -2.27. The number of methoxy groups -OCH3 is 1. The maximum atomic E-state index is 10.1. The van der Waals surface area contributed by atoms with Crippen LogP contribution in [0.25, 0.3) is 0 Å². The fraction of sp³-hybridized carbons (Fsp3) is 0.0769. The van der Waals surface area contributed by atoms with E-state index in [0.29, 0.717) is 27.9 Å². The highest BCUT2D eigenvalue weighted by atomic mass is 35.5. The van der Waals surface area contributed by atoms with Crippen molar-refractivity contribution < 1.29 is 9.84 Å². The van der Waals surface area contributed by atoms with Crippen LogP contribution < -0.4 is 10.6 Å². The fourth-order valence-corrected chi connectivity index (χ4v) is 1.86. The number of aromatic hydroxyl groups is 1. The van der Waals surface area contributed by atoms with E-state index in [4.69, 9.17) is 22.2 Å². The van der Waals surface area contributed by atoms with Crippen LogP contribution in [0.3, 0.4) is 0 Å². The Morgan fingerprint density at radius 3 is 2.68 bits per heavy atom. The molecule has 1 aromatic carbocycles. The van der Waals surface area contributed by atoms with Crippen molar-refractivity contribution in [1.82, 2.24) is 4.98 Å². The second-order valence-electron chi connectivity index (χ2n) is 3.68. The van der Waals surface area contributed by atoms with Gasteiger partial charge in [0.15, 0.2) is 11.5 Å². The Bertz CT molecular complexity index is 629. The summed E-state index contributed by atoms with van der Waals surface area (Å²) in [7, 11) is 1.47. The summed E-state index contributed by atoms with van der Waals surface area (Å²) in [5.74, 6) is 5.69. The smallest absolute Gasteiger partial charge is 0.167 e. The average Bonchev–Trinajstić information content (AvgIpc) is 2.41. The van der Waals surface area contributed by atoms with Gasteiger partial charge in [0, 0.05) is 5.56 Å². The zero-order valence-electron chi connectivity index (χ0n) is 10.2. The molecule has 6 heteroatoms. The Kier molecular flexibility index (Phi) is 3.87. The molecule has 0 aliphatic rings. The molecule has 0 atom stereocenters. The molecule has 2 aromatic rings. The summed E-state index contributed by atoms with van der Waals surface area (Å²) in [6.07, 6.45) is 0. The molecule has 0 spiro atoms. The molecule has 0 amide bonds. The Balaban J connectivity index is 2.55. The molecular formula is C13H12ClN3O2. The summed E-state index contributed by atoms with van der Waals surface area (Å²) in [5.41, 5.74) is 1.23. The Labute approximate surface area is 115 Å². The van der Waals surface area contributed by atoms with Gasteiger partial charge in [-0.25, -0.2) is 4.98 Å². The van der Waals surface area contributed by atoms with E-state index in [-0.39, 0.29) is 5.75 Å². The minimum Gasteiger partial charge on any atom is -0.504 e. The lowest BCUT2D eigenvalue weighted by atomic mass is 10.1. The van der Waals surface area contributed by atoms with E-state index < -0.39 is 0 Å². The van der Waals surface area contributed by atoms with E-state index in [1.807, 2.05) is 0 Å². The number of pyridine rings is 1. The summed E-state index contributed by atoms with van der Waals surface area (Å²) < 4.78 is 5.05. The highest BCUT2D eigenvalue weighted by Gasteiger charge is 2.16. The van der Waals surface area contributed by atoms with E-state index in [1.54, 1.807) is 36.4 Å². The van der Waals surface area contributed by atoms with E-state index in [2.05, 4.69) is 10.1 Å². The average molecular weight is 278 g/mol. The molecule has 0 radical (unpaired) electrons. The highest BCUT2D eigenvalue weighted by molar-refractivity contribution is 6.29. The largest absolute Gasteiger partial charge is 0.504 e. The van der Waals surface area contributed by atoms with E-state index in [9.17, 15) is 5.11 Å². The van der Waals surface area contributed by atoms with Crippen LogP contribution in [-0.2, 0) is 0 Å². The predicted octanol–water partition coefficient (Wildman–Crippen LogP) is 2.16. The number of phenols is 1. The zero-order valence-corrected chi connectivity index (χ0v) is 10.9. The number of benzene rings is 1. The fourth-order valence-electron chi connectivity index (χ4n) is 1.69. The molecule has 0 saturated carbocycles. The second-order valence-corrected chi connectivity index (χ2v) is 4.07. The maximum absolute atomic E-state index is 10.1. The van der Waals surface area contributed by atoms with E-state index >= 15 is 0 Å². The minimum absolute atomic E-state index is 0.0454. The van der Waals surface area contributed by atoms with Crippen molar-refractivity contribution in [2.75, 3.05) is 7.11 Å². The minimum atomic E-state index is -0.0454. The molecule has 5 nitrogen and oxygen atoms in total. The summed E-state index contributed by atoms with van der Waals surface area (Å²) in [6.45, 7) is 0. The number of halogens is 1. The van der Waals surface area contributed by atoms with Crippen molar-refractivity contribution in [1.29, 1.82) is 0 Å². The number of ether oxygens (including phenoxy) is 1. The van der Waals surface area contributed by atoms with Crippen LogP contribution in [-0.4, -0.2) is 22.9 Å². The number of hydrogen-bond donors (Lipinski definition) is 2. The van der Waals surface area contributed by atoms with Crippen LogP contribution >= 0.6 is 11.6 Å². The van der Waals surface area contributed by atoms with Crippen molar-refractivity contribution in [2.24, 2.45) is 10.9 Å². The third kappa shape index (κ3) is 2.61. The molecule has 19 heavy (non-hydrogen) atoms. The van der Waals surface area contributed by atoms with Gasteiger partial charge in [0.25, 0.3) is 0 Å². The number of rotatable bonds is 3. The van der Waals surface area contributed by atoms with Gasteiger partial charge in [0.2, 0.25) is 0 Å². The standard InChI is InChI=1S/C13H12ClN3O2/c1-19-10-6-2-4-8(13(10)18)12(17-15)9-5-3-7-11(14)16-9/h2-7,18H,15H2,1H3. The van der Waals surface area contributed by atoms with Crippen LogP contribution in [0.1, 0.15) is 11.3 Å². The number of hydrazone groups is 1. The van der Waals surface area contributed by atoms with E-state index in [0.717, 1.165) is 0 Å². The Morgan fingerprint density at radius 1 is 1.32 bits per heavy atom. The number of nitrogens with two attached hydrogens (primary N) is 1. The molecule has 0 fully saturated rings. The molecule has 0 aliphatic carbocycles. The number of phenolic OH excluding ortho intramolecular Hbond substituents is 1. The van der Waals surface area contributed by atoms with Gasteiger partial charge in [-0.1, -0.05) is 23.7 Å². The van der Waals surface area contributed by atoms with Gasteiger partial charge in [-0.2, -0.15) is 5.10 Å². The van der Waals surface area contributed by atoms with Gasteiger partial charge in [-0.15, -0.1) is 0 Å². The lowest BCUT2D eigenvalue weighted by Gasteiger charge is -2.10. The van der Waals surface area contributed by atoms with Crippen molar-refractivity contribution in [3.8, 4) is 11.5 Å². The van der Waals surface area contributed by atoms with Crippen LogP contribution in [0.4, 0.5) is 0 Å². The van der Waals surface area contributed by atoms with Crippen molar-refractivity contribution in [3.05, 3.63) is 52.8 Å². The molecule has 0 saturated heterocycles. The molecule has 2 rings (SSSR count). The third-order valence-electron chi connectivity index (χ3n) is 2.56. The number of para-hydroxylation sites is 1. The molecule has 98 valence electrons. The van der Waals surface area contributed by atoms with E-state index in [1.165, 1.54) is 7.11 Å². The first-order valence-corrected chi connectivity index (χ1v) is 5.82. The van der Waals surface area contributed by atoms with Crippen molar-refractivity contribution in [2.45, 2.75) is 0 Å². The summed E-state index contributed by atoms with van der Waals surface area (Å²) >= 11 is 5.84. The van der Waals surface area contributed by atoms with Gasteiger partial charge in [-0.3, -0.25) is 0 Å². The first-order valence-electron chi connectivity index (χ1n) is 5.44. The quantitative estimate of drug-likeness (QED) is 0.390. The molecule has 1 heterocycles. The number of hydrogen-bond acceptors (Lipinski definition) is 5. The normalized spacial score (nSPS) is 11.4. The maximum Gasteiger partial charge on any atom is 0.167 e. The van der Waals surface area contributed by atoms with Crippen molar-refractivity contribution >= 4 is 17.3 Å². The first kappa shape index (κ1) is 13.2. The lowest BCUT2D eigenvalue weighted by Crippen LogP contribution is -2.09. The summed E-state index contributed by atoms with van der Waals surface area (Å²) in [5, 5.41) is 14.1. The van der Waals surface area contributed by atoms with Gasteiger partial charge in [0.05, 0.1) is 12.8 Å². The topological polar surface area (TPSA) is 80.7 Å². The Morgan fingerprint density at radius 2 is 2.05 bits per heavy atom. The second kappa shape index (κ2) is 5.58. The lowest BCUT2D eigenvalue weighted by molar-refractivity contribution is 0.373. The predicted molar refractivity (Wildman–Crippen MR) is 73.7 cm³/mol. The molecule has 0 unspecified atom stereocenters. The number of nitrogens with zero attached hydrogens (tertiary/aromatic N) is 2. The van der Waals surface area contributed by atoms with Gasteiger partial charge in [-0.05, 0) is 24.3 Å². The van der Waals surface area contributed by atoms with Crippen LogP contribution in [0.15, 0.2) is 41.5 Å². The molecule has 1 aromatic heterocycles. The van der Waals surface area contributed by atoms with Gasteiger partial charge in [0.1, 0.15) is 10.9 Å². The summed E-state index contributed by atoms with van der Waals surface area (Å²) in [4.78, 5) is 4.12. The molecule has 0 aliphatic heterocycles. The SMILES string of the molecule is COc1cccc(C(=NN)c2cccc(Cl)n2)c1O. The van der Waals surface area contributed by atoms with Crippen molar-refractivity contribution in [3.63, 3.8) is 0 Å². The molecular weight excluding hydrogens is 266 g/mol. The number of aromatic nitrogens is 1. The molecule has 0 bridgehead atoms. The zero-order chi connectivity index (χ0) is 13.8. The summed E-state index contributed by atoms with van der Waals surface area (Å²) in [6, 6.07) is 10.1.